The van der Waals surface area contributed by atoms with Gasteiger partial charge in [-0.05, 0) is 43.1 Å². The first-order valence-corrected chi connectivity index (χ1v) is 5.33. The number of hydrogen-bond donors (Lipinski definition) is 0. The van der Waals surface area contributed by atoms with E-state index in [1.807, 2.05) is 5.57 Å². The SMILES string of the molecule is C1=CC2=C(C1)C1CCCCC1C2. The zero-order chi connectivity index (χ0) is 7.97. The molecule has 12 heavy (non-hydrogen) atoms. The molecule has 0 aromatic carbocycles. The van der Waals surface area contributed by atoms with E-state index < -0.39 is 0 Å². The van der Waals surface area contributed by atoms with Gasteiger partial charge in [0.2, 0.25) is 0 Å². The zero-order valence-electron chi connectivity index (χ0n) is 7.55. The van der Waals surface area contributed by atoms with Crippen molar-refractivity contribution in [3.63, 3.8) is 0 Å². The van der Waals surface area contributed by atoms with E-state index in [-0.39, 0.29) is 0 Å². The van der Waals surface area contributed by atoms with Crippen molar-refractivity contribution in [2.24, 2.45) is 11.8 Å². The van der Waals surface area contributed by atoms with Crippen molar-refractivity contribution in [3.8, 4) is 0 Å². The summed E-state index contributed by atoms with van der Waals surface area (Å²) in [5.41, 5.74) is 3.53. The van der Waals surface area contributed by atoms with Gasteiger partial charge < -0.3 is 0 Å². The van der Waals surface area contributed by atoms with Crippen molar-refractivity contribution in [2.45, 2.75) is 38.5 Å². The molecule has 0 N–H and O–H groups in total. The van der Waals surface area contributed by atoms with E-state index >= 15 is 0 Å². The van der Waals surface area contributed by atoms with Crippen molar-refractivity contribution in [2.75, 3.05) is 0 Å². The summed E-state index contributed by atoms with van der Waals surface area (Å²) in [6.45, 7) is 0. The Morgan fingerprint density at radius 1 is 1.17 bits per heavy atom. The zero-order valence-corrected chi connectivity index (χ0v) is 7.55. The molecule has 0 amide bonds. The second kappa shape index (κ2) is 2.48. The smallest absolute Gasteiger partial charge is 0.0127 e. The Bertz CT molecular complexity index is 257. The summed E-state index contributed by atoms with van der Waals surface area (Å²) in [4.78, 5) is 0. The maximum absolute atomic E-state index is 2.38. The summed E-state index contributed by atoms with van der Waals surface area (Å²) < 4.78 is 0. The van der Waals surface area contributed by atoms with Crippen LogP contribution in [0, 0.1) is 11.8 Å². The van der Waals surface area contributed by atoms with Gasteiger partial charge >= 0.3 is 0 Å². The van der Waals surface area contributed by atoms with E-state index in [1.54, 1.807) is 5.57 Å². The Morgan fingerprint density at radius 3 is 3.08 bits per heavy atom. The molecular weight excluding hydrogens is 144 g/mol. The molecular formula is C12H16. The largest absolute Gasteiger partial charge is 0.0802 e. The predicted molar refractivity (Wildman–Crippen MR) is 50.8 cm³/mol. The first kappa shape index (κ1) is 6.94. The van der Waals surface area contributed by atoms with E-state index in [1.165, 1.54) is 38.5 Å². The minimum absolute atomic E-state index is 1.00. The van der Waals surface area contributed by atoms with E-state index in [9.17, 15) is 0 Å². The van der Waals surface area contributed by atoms with Crippen LogP contribution >= 0.6 is 0 Å². The van der Waals surface area contributed by atoms with Gasteiger partial charge in [0.1, 0.15) is 0 Å². The molecule has 0 saturated heterocycles. The molecule has 3 aliphatic carbocycles. The van der Waals surface area contributed by atoms with Crippen molar-refractivity contribution in [1.82, 2.24) is 0 Å². The van der Waals surface area contributed by atoms with Gasteiger partial charge in [-0.15, -0.1) is 0 Å². The van der Waals surface area contributed by atoms with Crippen molar-refractivity contribution in [3.05, 3.63) is 23.3 Å². The molecule has 0 nitrogen and oxygen atoms in total. The molecule has 3 rings (SSSR count). The van der Waals surface area contributed by atoms with Gasteiger partial charge in [0.25, 0.3) is 0 Å². The summed E-state index contributed by atoms with van der Waals surface area (Å²) in [6, 6.07) is 0. The highest BCUT2D eigenvalue weighted by Crippen LogP contribution is 2.49. The topological polar surface area (TPSA) is 0 Å². The highest BCUT2D eigenvalue weighted by Gasteiger charge is 2.35. The van der Waals surface area contributed by atoms with Gasteiger partial charge in [-0.2, -0.15) is 0 Å². The third-order valence-corrected chi connectivity index (χ3v) is 3.91. The van der Waals surface area contributed by atoms with Crippen LogP contribution in [0.3, 0.4) is 0 Å². The predicted octanol–water partition coefficient (Wildman–Crippen LogP) is 3.45. The van der Waals surface area contributed by atoms with Gasteiger partial charge in [-0.1, -0.05) is 30.6 Å². The van der Waals surface area contributed by atoms with E-state index in [0.29, 0.717) is 0 Å². The molecule has 0 aromatic rings. The fourth-order valence-electron chi connectivity index (χ4n) is 3.35. The number of hydrogen-bond acceptors (Lipinski definition) is 0. The summed E-state index contributed by atoms with van der Waals surface area (Å²) >= 11 is 0. The molecule has 1 saturated carbocycles. The molecule has 0 bridgehead atoms. The van der Waals surface area contributed by atoms with E-state index in [0.717, 1.165) is 11.8 Å². The molecule has 0 radical (unpaired) electrons. The summed E-state index contributed by atoms with van der Waals surface area (Å²) in [5.74, 6) is 2.05. The Morgan fingerprint density at radius 2 is 2.08 bits per heavy atom. The lowest BCUT2D eigenvalue weighted by molar-refractivity contribution is 0.291. The first-order valence-electron chi connectivity index (χ1n) is 5.33. The average molecular weight is 160 g/mol. The summed E-state index contributed by atoms with van der Waals surface area (Å²) in [6.07, 6.45) is 13.4. The van der Waals surface area contributed by atoms with Crippen molar-refractivity contribution in [1.29, 1.82) is 0 Å². The Labute approximate surface area is 74.4 Å². The monoisotopic (exact) mass is 160 g/mol. The molecule has 2 atom stereocenters. The third-order valence-electron chi connectivity index (χ3n) is 3.91. The van der Waals surface area contributed by atoms with Gasteiger partial charge in [0.05, 0.1) is 0 Å². The highest BCUT2D eigenvalue weighted by molar-refractivity contribution is 5.40. The van der Waals surface area contributed by atoms with Crippen LogP contribution in [-0.2, 0) is 0 Å². The van der Waals surface area contributed by atoms with Crippen LogP contribution in [0.4, 0.5) is 0 Å². The average Bonchev–Trinajstić information content (AvgIpc) is 2.62. The molecule has 64 valence electrons. The maximum Gasteiger partial charge on any atom is -0.0127 e. The van der Waals surface area contributed by atoms with Gasteiger partial charge in [0, 0.05) is 0 Å². The van der Waals surface area contributed by atoms with E-state index in [2.05, 4.69) is 12.2 Å². The van der Waals surface area contributed by atoms with Crippen LogP contribution in [0.5, 0.6) is 0 Å². The molecule has 2 unspecified atom stereocenters. The lowest BCUT2D eigenvalue weighted by Crippen LogP contribution is -2.16. The van der Waals surface area contributed by atoms with Crippen molar-refractivity contribution >= 4 is 0 Å². The lowest BCUT2D eigenvalue weighted by atomic mass is 9.78. The van der Waals surface area contributed by atoms with Crippen LogP contribution in [-0.4, -0.2) is 0 Å². The number of rotatable bonds is 0. The molecule has 1 fully saturated rings. The second-order valence-corrected chi connectivity index (χ2v) is 4.51. The first-order chi connectivity index (χ1) is 5.95. The Kier molecular flexibility index (Phi) is 1.44. The van der Waals surface area contributed by atoms with Gasteiger partial charge in [0.15, 0.2) is 0 Å². The highest BCUT2D eigenvalue weighted by atomic mass is 14.4. The summed E-state index contributed by atoms with van der Waals surface area (Å²) in [7, 11) is 0. The molecule has 0 aromatic heterocycles. The summed E-state index contributed by atoms with van der Waals surface area (Å²) in [5, 5.41) is 0. The fourth-order valence-corrected chi connectivity index (χ4v) is 3.35. The quantitative estimate of drug-likeness (QED) is 0.509. The van der Waals surface area contributed by atoms with Crippen LogP contribution < -0.4 is 0 Å². The Balaban J connectivity index is 1.89. The minimum Gasteiger partial charge on any atom is -0.0802 e. The van der Waals surface area contributed by atoms with Crippen LogP contribution in [0.2, 0.25) is 0 Å². The second-order valence-electron chi connectivity index (χ2n) is 4.51. The van der Waals surface area contributed by atoms with Gasteiger partial charge in [-0.25, -0.2) is 0 Å². The molecule has 0 heteroatoms. The Hall–Kier alpha value is -0.520. The molecule has 3 aliphatic rings. The van der Waals surface area contributed by atoms with Crippen molar-refractivity contribution < 1.29 is 0 Å². The lowest BCUT2D eigenvalue weighted by Gasteiger charge is -2.27. The van der Waals surface area contributed by atoms with Crippen LogP contribution in [0.1, 0.15) is 38.5 Å². The number of fused-ring (bicyclic) bond motifs is 2. The maximum atomic E-state index is 2.38. The number of allylic oxidation sites excluding steroid dienone is 4. The molecule has 0 aliphatic heterocycles. The molecule has 0 spiro atoms. The minimum atomic E-state index is 1.00. The normalized spacial score (nSPS) is 38.7. The standard InChI is InChI=1S/C12H16/c1-2-6-11-9(4-1)8-10-5-3-7-12(10)11/h3,5,9,11H,1-2,4,6-8H2. The van der Waals surface area contributed by atoms with Crippen LogP contribution in [0.25, 0.3) is 0 Å². The van der Waals surface area contributed by atoms with Gasteiger partial charge in [-0.3, -0.25) is 0 Å². The third kappa shape index (κ3) is 0.840. The molecule has 0 heterocycles. The van der Waals surface area contributed by atoms with Crippen LogP contribution in [0.15, 0.2) is 23.3 Å². The van der Waals surface area contributed by atoms with E-state index in [4.69, 9.17) is 0 Å². The fraction of sp³-hybridized carbons (Fsp3) is 0.667.